The molecule has 1 aromatic heterocycles. The molecule has 0 saturated carbocycles. The minimum atomic E-state index is -0.819. The Kier molecular flexibility index (Phi) is 25.2. The molecule has 0 radical (unpaired) electrons. The van der Waals surface area contributed by atoms with Crippen LogP contribution in [0.4, 0.5) is 0 Å². The van der Waals surface area contributed by atoms with E-state index in [0.717, 1.165) is 84.6 Å². The topological polar surface area (TPSA) is 71.1 Å². The third-order valence-electron chi connectivity index (χ3n) is 10.1. The van der Waals surface area contributed by atoms with Crippen molar-refractivity contribution in [3.05, 3.63) is 7.57 Å². The predicted octanol–water partition coefficient (Wildman–Crippen LogP) is 13.8. The van der Waals surface area contributed by atoms with Crippen LogP contribution in [-0.4, -0.2) is 38.4 Å². The molecule has 0 spiro atoms. The number of rotatable bonds is 30. The molecule has 9 heteroatoms. The van der Waals surface area contributed by atoms with Gasteiger partial charge in [0, 0.05) is 0 Å². The minimum absolute atomic E-state index is 0.0859. The lowest BCUT2D eigenvalue weighted by molar-refractivity contribution is -0.162. The zero-order valence-corrected chi connectivity index (χ0v) is 36.1. The molecule has 1 aliphatic rings. The van der Waals surface area contributed by atoms with E-state index in [-0.39, 0.29) is 50.2 Å². The van der Waals surface area contributed by atoms with Gasteiger partial charge in [-0.2, -0.15) is 0 Å². The first-order valence-corrected chi connectivity index (χ1v) is 22.8. The summed E-state index contributed by atoms with van der Waals surface area (Å²) in [6.07, 6.45) is 26.9. The largest absolute Gasteiger partial charge is 0.487 e. The fourth-order valence-electron chi connectivity index (χ4n) is 6.72. The number of unbranched alkanes of at least 4 members (excludes halogenated alkanes) is 16. The summed E-state index contributed by atoms with van der Waals surface area (Å²) in [5, 5.41) is 0. The van der Waals surface area contributed by atoms with Crippen LogP contribution in [0.25, 0.3) is 0 Å². The molecule has 0 bridgehead atoms. The van der Waals surface area contributed by atoms with Gasteiger partial charge in [-0.3, -0.25) is 9.59 Å². The van der Waals surface area contributed by atoms with Crippen LogP contribution in [0.2, 0.25) is 0 Å². The van der Waals surface area contributed by atoms with Crippen molar-refractivity contribution < 1.29 is 28.5 Å². The van der Waals surface area contributed by atoms with Crippen molar-refractivity contribution in [2.45, 2.75) is 182 Å². The summed E-state index contributed by atoms with van der Waals surface area (Å²) < 4.78 is 26.7. The lowest BCUT2D eigenvalue weighted by Gasteiger charge is -2.31. The number of fused-ring (bicyclic) bond motifs is 1. The van der Waals surface area contributed by atoms with Gasteiger partial charge in [0.15, 0.2) is 11.5 Å². The Morgan fingerprint density at radius 2 is 0.860 bits per heavy atom. The fraction of sp³-hybridized carbons (Fsp3) is 0.854. The number of esters is 2. The van der Waals surface area contributed by atoms with E-state index in [2.05, 4.69) is 59.6 Å². The van der Waals surface area contributed by atoms with Gasteiger partial charge < -0.3 is 18.9 Å². The normalized spacial score (nSPS) is 15.0. The molecule has 2 atom stereocenters. The Balaban J connectivity index is 2.13. The van der Waals surface area contributed by atoms with Crippen LogP contribution in [0, 0.1) is 17.3 Å². The first kappa shape index (κ1) is 45.4. The molecule has 2 heterocycles. The summed E-state index contributed by atoms with van der Waals surface area (Å²) in [5.41, 5.74) is -0.819. The molecule has 290 valence electrons. The molecule has 0 aliphatic carbocycles. The van der Waals surface area contributed by atoms with Gasteiger partial charge in [-0.1, -0.05) is 156 Å². The summed E-state index contributed by atoms with van der Waals surface area (Å²) in [6, 6.07) is 0. The average Bonchev–Trinajstić information content (AvgIpc) is 3.25. The molecule has 2 unspecified atom stereocenters. The van der Waals surface area contributed by atoms with Gasteiger partial charge in [-0.15, -0.1) is 11.3 Å². The van der Waals surface area contributed by atoms with Crippen molar-refractivity contribution >= 4 is 55.1 Å². The van der Waals surface area contributed by atoms with E-state index in [1.165, 1.54) is 88.4 Å². The third-order valence-corrected chi connectivity index (χ3v) is 12.5. The molecule has 50 heavy (non-hydrogen) atoms. The van der Waals surface area contributed by atoms with Crippen LogP contribution < -0.4 is 9.47 Å². The molecular formula is C41H70Br2O6S. The Morgan fingerprint density at radius 3 is 1.20 bits per heavy atom. The van der Waals surface area contributed by atoms with Gasteiger partial charge in [0.1, 0.15) is 39.4 Å². The molecule has 0 N–H and O–H groups in total. The fourth-order valence-corrected chi connectivity index (χ4v) is 9.57. The maximum Gasteiger partial charge on any atom is 0.308 e. The quantitative estimate of drug-likeness (QED) is 0.0567. The third kappa shape index (κ3) is 17.8. The van der Waals surface area contributed by atoms with Gasteiger partial charge in [0.25, 0.3) is 0 Å². The lowest BCUT2D eigenvalue weighted by atomic mass is 9.91. The summed E-state index contributed by atoms with van der Waals surface area (Å²) >= 11 is 8.72. The van der Waals surface area contributed by atoms with E-state index in [0.29, 0.717) is 11.5 Å². The molecule has 0 saturated heterocycles. The van der Waals surface area contributed by atoms with Crippen LogP contribution >= 0.6 is 43.2 Å². The Morgan fingerprint density at radius 1 is 0.560 bits per heavy atom. The number of ether oxygens (including phenoxy) is 4. The number of carbonyl (C=O) groups is 2. The predicted molar refractivity (Wildman–Crippen MR) is 216 cm³/mol. The van der Waals surface area contributed by atoms with Crippen LogP contribution in [0.1, 0.15) is 182 Å². The second-order valence-corrected chi connectivity index (χ2v) is 18.5. The molecular weight excluding hydrogens is 780 g/mol. The number of carbonyl (C=O) groups excluding carboxylic acids is 2. The van der Waals surface area contributed by atoms with Crippen LogP contribution in [0.3, 0.4) is 0 Å². The Bertz CT molecular complexity index is 968. The Labute approximate surface area is 326 Å². The summed E-state index contributed by atoms with van der Waals surface area (Å²) in [6.45, 7) is 9.51. The second-order valence-electron chi connectivity index (χ2n) is 14.8. The van der Waals surface area contributed by atoms with Crippen LogP contribution in [0.5, 0.6) is 11.5 Å². The van der Waals surface area contributed by atoms with Crippen molar-refractivity contribution in [1.82, 2.24) is 0 Å². The van der Waals surface area contributed by atoms with E-state index in [9.17, 15) is 9.59 Å². The SMILES string of the molecule is CCCCCCCCC(CCCCCC)C(=O)OCC1(COC(=O)C(CCCCCC)CCCCCCCC)COc2c(Br)sc(Br)c2OC1. The van der Waals surface area contributed by atoms with Crippen molar-refractivity contribution in [2.24, 2.45) is 17.3 Å². The highest BCUT2D eigenvalue weighted by Crippen LogP contribution is 2.50. The van der Waals surface area contributed by atoms with Gasteiger partial charge in [0.05, 0.1) is 11.8 Å². The van der Waals surface area contributed by atoms with Crippen LogP contribution in [-0.2, 0) is 19.1 Å². The van der Waals surface area contributed by atoms with E-state index in [1.807, 2.05) is 0 Å². The number of thiophene rings is 1. The standard InChI is InChI=1S/C41H70Br2O6S/c1-5-9-13-17-19-23-27-33(25-21-15-11-7-3)39(44)48-31-41(29-46-35-36(47-30-41)38(43)50-37(35)42)32-49-40(45)34(26-22-16-12-8-4)28-24-20-18-14-10-6-2/h33-34H,5-32H2,1-4H3. The number of halogens is 2. The van der Waals surface area contributed by atoms with E-state index < -0.39 is 5.41 Å². The monoisotopic (exact) mass is 848 g/mol. The molecule has 1 aromatic rings. The molecule has 0 fully saturated rings. The molecule has 0 aromatic carbocycles. The molecule has 2 rings (SSSR count). The van der Waals surface area contributed by atoms with Gasteiger partial charge in [0.2, 0.25) is 0 Å². The van der Waals surface area contributed by atoms with Gasteiger partial charge in [-0.05, 0) is 57.5 Å². The first-order valence-electron chi connectivity index (χ1n) is 20.4. The van der Waals surface area contributed by atoms with Crippen molar-refractivity contribution in [2.75, 3.05) is 26.4 Å². The smallest absolute Gasteiger partial charge is 0.308 e. The van der Waals surface area contributed by atoms with Crippen LogP contribution in [0.15, 0.2) is 7.57 Å². The highest BCUT2D eigenvalue weighted by atomic mass is 79.9. The van der Waals surface area contributed by atoms with E-state index in [1.54, 1.807) is 0 Å². The molecule has 6 nitrogen and oxygen atoms in total. The van der Waals surface area contributed by atoms with Gasteiger partial charge >= 0.3 is 11.9 Å². The van der Waals surface area contributed by atoms with E-state index in [4.69, 9.17) is 18.9 Å². The summed E-state index contributed by atoms with van der Waals surface area (Å²) in [4.78, 5) is 27.5. The zero-order chi connectivity index (χ0) is 36.5. The summed E-state index contributed by atoms with van der Waals surface area (Å²) in [7, 11) is 0. The second kappa shape index (κ2) is 27.8. The maximum atomic E-state index is 13.7. The highest BCUT2D eigenvalue weighted by Gasteiger charge is 2.41. The zero-order valence-electron chi connectivity index (χ0n) is 32.1. The Hall–Kier alpha value is -0.800. The number of hydrogen-bond acceptors (Lipinski definition) is 7. The van der Waals surface area contributed by atoms with E-state index >= 15 is 0 Å². The van der Waals surface area contributed by atoms with Crippen molar-refractivity contribution in [3.8, 4) is 11.5 Å². The average molecular weight is 851 g/mol. The van der Waals surface area contributed by atoms with Gasteiger partial charge in [-0.25, -0.2) is 0 Å². The molecule has 1 aliphatic heterocycles. The molecule has 0 amide bonds. The first-order chi connectivity index (χ1) is 24.3. The van der Waals surface area contributed by atoms with Crippen molar-refractivity contribution in [1.29, 1.82) is 0 Å². The number of hydrogen-bond donors (Lipinski definition) is 0. The summed E-state index contributed by atoms with van der Waals surface area (Å²) in [5.74, 6) is 0.765. The van der Waals surface area contributed by atoms with Crippen molar-refractivity contribution in [3.63, 3.8) is 0 Å². The lowest BCUT2D eigenvalue weighted by Crippen LogP contribution is -2.44. The minimum Gasteiger partial charge on any atom is -0.487 e. The highest BCUT2D eigenvalue weighted by molar-refractivity contribution is 9.12. The maximum absolute atomic E-state index is 13.7.